The molecule has 0 amide bonds. The van der Waals surface area contributed by atoms with Gasteiger partial charge >= 0.3 is 6.18 Å². The minimum absolute atomic E-state index is 0. The minimum Gasteiger partial charge on any atom is -0.311 e. The van der Waals surface area contributed by atoms with E-state index in [1.165, 1.54) is 11.7 Å². The molecule has 0 aliphatic heterocycles. The van der Waals surface area contributed by atoms with Crippen molar-refractivity contribution in [3.05, 3.63) is 17.5 Å². The summed E-state index contributed by atoms with van der Waals surface area (Å²) in [5.74, 6) is 0. The van der Waals surface area contributed by atoms with Gasteiger partial charge in [0.2, 0.25) is 0 Å². The fourth-order valence-electron chi connectivity index (χ4n) is 1.55. The zero-order valence-corrected chi connectivity index (χ0v) is 13.3. The molecule has 1 N–H and O–H groups in total. The molecule has 0 aliphatic rings. The van der Waals surface area contributed by atoms with E-state index in [0.717, 1.165) is 25.6 Å². The number of alkyl halides is 3. The van der Waals surface area contributed by atoms with E-state index in [0.29, 0.717) is 12.2 Å². The van der Waals surface area contributed by atoms with E-state index in [1.54, 1.807) is 0 Å². The SMILES string of the molecule is CN(C)CCCNCc1cc(C(F)(F)F)nn1C.Cl.Cl. The van der Waals surface area contributed by atoms with Gasteiger partial charge in [0, 0.05) is 13.6 Å². The van der Waals surface area contributed by atoms with Crippen LogP contribution in [0.1, 0.15) is 17.8 Å². The third kappa shape index (κ3) is 7.33. The summed E-state index contributed by atoms with van der Waals surface area (Å²) in [6.45, 7) is 2.11. The molecule has 4 nitrogen and oxygen atoms in total. The first-order valence-corrected chi connectivity index (χ1v) is 5.76. The molecular weight excluding hydrogens is 316 g/mol. The zero-order valence-electron chi connectivity index (χ0n) is 11.7. The fraction of sp³-hybridized carbons (Fsp3) is 0.727. The molecule has 0 unspecified atom stereocenters. The fourth-order valence-corrected chi connectivity index (χ4v) is 1.55. The van der Waals surface area contributed by atoms with Crippen LogP contribution in [0.5, 0.6) is 0 Å². The second-order valence-electron chi connectivity index (χ2n) is 4.48. The van der Waals surface area contributed by atoms with Crippen LogP contribution in [0.25, 0.3) is 0 Å². The van der Waals surface area contributed by atoms with E-state index in [4.69, 9.17) is 0 Å². The van der Waals surface area contributed by atoms with Crippen LogP contribution in [0.15, 0.2) is 6.07 Å². The molecule has 1 rings (SSSR count). The number of nitrogens with zero attached hydrogens (tertiary/aromatic N) is 3. The highest BCUT2D eigenvalue weighted by molar-refractivity contribution is 5.85. The lowest BCUT2D eigenvalue weighted by molar-refractivity contribution is -0.141. The van der Waals surface area contributed by atoms with Crippen molar-refractivity contribution < 1.29 is 13.2 Å². The average Bonchev–Trinajstić information content (AvgIpc) is 2.59. The summed E-state index contributed by atoms with van der Waals surface area (Å²) >= 11 is 0. The number of aromatic nitrogens is 2. The molecule has 20 heavy (non-hydrogen) atoms. The van der Waals surface area contributed by atoms with E-state index >= 15 is 0 Å². The van der Waals surface area contributed by atoms with Gasteiger partial charge < -0.3 is 10.2 Å². The van der Waals surface area contributed by atoms with Gasteiger partial charge in [-0.25, -0.2) is 0 Å². The van der Waals surface area contributed by atoms with E-state index in [-0.39, 0.29) is 24.8 Å². The summed E-state index contributed by atoms with van der Waals surface area (Å²) in [6, 6.07) is 1.08. The largest absolute Gasteiger partial charge is 0.435 e. The second-order valence-corrected chi connectivity index (χ2v) is 4.48. The van der Waals surface area contributed by atoms with Gasteiger partial charge in [0.05, 0.1) is 5.69 Å². The third-order valence-electron chi connectivity index (χ3n) is 2.53. The van der Waals surface area contributed by atoms with Crippen LogP contribution in [0.2, 0.25) is 0 Å². The van der Waals surface area contributed by atoms with Crippen molar-refractivity contribution in [3.63, 3.8) is 0 Å². The Hall–Kier alpha value is -0.500. The predicted octanol–water partition coefficient (Wildman–Crippen LogP) is 2.32. The summed E-state index contributed by atoms with van der Waals surface area (Å²) in [5, 5.41) is 6.56. The van der Waals surface area contributed by atoms with Gasteiger partial charge in [-0.2, -0.15) is 18.3 Å². The smallest absolute Gasteiger partial charge is 0.311 e. The lowest BCUT2D eigenvalue weighted by Gasteiger charge is -2.09. The number of hydrogen-bond donors (Lipinski definition) is 1. The summed E-state index contributed by atoms with van der Waals surface area (Å²) in [5.41, 5.74) is -0.303. The summed E-state index contributed by atoms with van der Waals surface area (Å²) in [4.78, 5) is 2.06. The van der Waals surface area contributed by atoms with Gasteiger partial charge in [-0.15, -0.1) is 24.8 Å². The van der Waals surface area contributed by atoms with Gasteiger partial charge in [-0.3, -0.25) is 4.68 Å². The normalized spacial score (nSPS) is 11.2. The molecule has 0 radical (unpaired) electrons. The molecule has 0 fully saturated rings. The average molecular weight is 337 g/mol. The lowest BCUT2D eigenvalue weighted by atomic mass is 10.3. The predicted molar refractivity (Wildman–Crippen MR) is 77.6 cm³/mol. The Labute approximate surface area is 129 Å². The highest BCUT2D eigenvalue weighted by Crippen LogP contribution is 2.28. The van der Waals surface area contributed by atoms with Gasteiger partial charge in [0.25, 0.3) is 0 Å². The van der Waals surface area contributed by atoms with E-state index < -0.39 is 11.9 Å². The van der Waals surface area contributed by atoms with Crippen LogP contribution in [0.4, 0.5) is 13.2 Å². The van der Waals surface area contributed by atoms with Crippen LogP contribution < -0.4 is 5.32 Å². The zero-order chi connectivity index (χ0) is 13.8. The number of hydrogen-bond acceptors (Lipinski definition) is 3. The third-order valence-corrected chi connectivity index (χ3v) is 2.53. The van der Waals surface area contributed by atoms with E-state index in [1.807, 2.05) is 14.1 Å². The topological polar surface area (TPSA) is 33.1 Å². The second kappa shape index (κ2) is 9.44. The first-order valence-electron chi connectivity index (χ1n) is 5.76. The Morgan fingerprint density at radius 2 is 1.90 bits per heavy atom. The van der Waals surface area contributed by atoms with Gasteiger partial charge in [0.15, 0.2) is 5.69 Å². The molecule has 1 aromatic heterocycles. The maximum atomic E-state index is 12.4. The number of halogens is 5. The van der Waals surface area contributed by atoms with Crippen LogP contribution >= 0.6 is 24.8 Å². The quantitative estimate of drug-likeness (QED) is 0.809. The molecule has 0 saturated heterocycles. The van der Waals surface area contributed by atoms with Crippen molar-refractivity contribution in [1.82, 2.24) is 20.0 Å². The minimum atomic E-state index is -4.37. The van der Waals surface area contributed by atoms with Gasteiger partial charge in [-0.05, 0) is 39.7 Å². The van der Waals surface area contributed by atoms with Crippen LogP contribution in [0.3, 0.4) is 0 Å². The monoisotopic (exact) mass is 336 g/mol. The Morgan fingerprint density at radius 3 is 2.35 bits per heavy atom. The van der Waals surface area contributed by atoms with Crippen molar-refractivity contribution in [2.45, 2.75) is 19.1 Å². The molecule has 120 valence electrons. The van der Waals surface area contributed by atoms with E-state index in [2.05, 4.69) is 15.3 Å². The van der Waals surface area contributed by atoms with Crippen molar-refractivity contribution in [1.29, 1.82) is 0 Å². The molecule has 0 aliphatic carbocycles. The summed E-state index contributed by atoms with van der Waals surface area (Å²) in [7, 11) is 5.49. The molecule has 1 heterocycles. The van der Waals surface area contributed by atoms with Gasteiger partial charge in [-0.1, -0.05) is 0 Å². The molecule has 1 aromatic rings. The van der Waals surface area contributed by atoms with Crippen LogP contribution in [-0.4, -0.2) is 41.9 Å². The highest BCUT2D eigenvalue weighted by Gasteiger charge is 2.34. The Balaban J connectivity index is 0. The Morgan fingerprint density at radius 1 is 1.30 bits per heavy atom. The van der Waals surface area contributed by atoms with Crippen LogP contribution in [0, 0.1) is 0 Å². The first kappa shape index (κ1) is 21.8. The number of aryl methyl sites for hydroxylation is 1. The van der Waals surface area contributed by atoms with Crippen molar-refractivity contribution in [2.24, 2.45) is 7.05 Å². The van der Waals surface area contributed by atoms with Crippen LogP contribution in [-0.2, 0) is 19.8 Å². The molecule has 0 bridgehead atoms. The van der Waals surface area contributed by atoms with E-state index in [9.17, 15) is 13.2 Å². The number of rotatable bonds is 6. The maximum absolute atomic E-state index is 12.4. The molecule has 0 aromatic carbocycles. The molecule has 0 spiro atoms. The van der Waals surface area contributed by atoms with Crippen molar-refractivity contribution >= 4 is 24.8 Å². The highest BCUT2D eigenvalue weighted by atomic mass is 35.5. The van der Waals surface area contributed by atoms with Crippen molar-refractivity contribution in [2.75, 3.05) is 27.2 Å². The molecule has 9 heteroatoms. The summed E-state index contributed by atoms with van der Waals surface area (Å²) in [6.07, 6.45) is -3.42. The Bertz CT molecular complexity index is 380. The Kier molecular flexibility index (Phi) is 10.3. The molecule has 0 atom stereocenters. The van der Waals surface area contributed by atoms with Gasteiger partial charge in [0.1, 0.15) is 0 Å². The summed E-state index contributed by atoms with van der Waals surface area (Å²) < 4.78 is 38.5. The lowest BCUT2D eigenvalue weighted by Crippen LogP contribution is -2.21. The maximum Gasteiger partial charge on any atom is 0.435 e. The number of nitrogens with one attached hydrogen (secondary N) is 1. The molecular formula is C11H21Cl2F3N4. The molecule has 0 saturated carbocycles. The first-order chi connectivity index (χ1) is 8.30. The standard InChI is InChI=1S/C11H19F3N4.2ClH/c1-17(2)6-4-5-15-8-9-7-10(11(12,13)14)16-18(9)3;;/h7,15H,4-6,8H2,1-3H3;2*1H. The van der Waals surface area contributed by atoms with Crippen molar-refractivity contribution in [3.8, 4) is 0 Å².